The molecule has 0 bridgehead atoms. The van der Waals surface area contributed by atoms with E-state index in [1.54, 1.807) is 0 Å². The van der Waals surface area contributed by atoms with Gasteiger partial charge in [0, 0.05) is 17.4 Å². The quantitative estimate of drug-likeness (QED) is 0.912. The number of carbonyl (C=O) groups excluding carboxylic acids is 1. The molecular formula is C22H24O2. The van der Waals surface area contributed by atoms with Crippen molar-refractivity contribution in [3.63, 3.8) is 0 Å². The minimum absolute atomic E-state index is 0.00173. The SMILES string of the molecule is CCc1ccccc1C1=C(C(C)(C)CO)c2ccccc2CC1=O. The summed E-state index contributed by atoms with van der Waals surface area (Å²) in [6.45, 7) is 6.12. The highest BCUT2D eigenvalue weighted by Crippen LogP contribution is 2.45. The first-order valence-electron chi connectivity index (χ1n) is 8.55. The molecule has 0 amide bonds. The van der Waals surface area contributed by atoms with E-state index in [9.17, 15) is 9.90 Å². The molecule has 1 aliphatic rings. The van der Waals surface area contributed by atoms with Crippen molar-refractivity contribution in [2.75, 3.05) is 6.61 Å². The van der Waals surface area contributed by atoms with Gasteiger partial charge in [0.05, 0.1) is 6.61 Å². The van der Waals surface area contributed by atoms with Crippen LogP contribution in [0, 0.1) is 5.41 Å². The number of hydrogen-bond acceptors (Lipinski definition) is 2. The molecule has 2 aromatic rings. The summed E-state index contributed by atoms with van der Waals surface area (Å²) >= 11 is 0. The zero-order valence-corrected chi connectivity index (χ0v) is 14.6. The number of aliphatic hydroxyl groups excluding tert-OH is 1. The summed E-state index contributed by atoms with van der Waals surface area (Å²) in [7, 11) is 0. The molecule has 24 heavy (non-hydrogen) atoms. The average Bonchev–Trinajstić information content (AvgIpc) is 2.60. The molecule has 124 valence electrons. The monoisotopic (exact) mass is 320 g/mol. The van der Waals surface area contributed by atoms with Crippen molar-refractivity contribution in [2.24, 2.45) is 5.41 Å². The zero-order valence-electron chi connectivity index (χ0n) is 14.6. The van der Waals surface area contributed by atoms with Crippen LogP contribution in [0.15, 0.2) is 48.5 Å². The Bertz CT molecular complexity index is 812. The lowest BCUT2D eigenvalue weighted by molar-refractivity contribution is -0.113. The number of hydrogen-bond donors (Lipinski definition) is 1. The van der Waals surface area contributed by atoms with Gasteiger partial charge >= 0.3 is 0 Å². The van der Waals surface area contributed by atoms with E-state index in [0.717, 1.165) is 34.3 Å². The Balaban J connectivity index is 2.38. The van der Waals surface area contributed by atoms with Crippen LogP contribution in [0.2, 0.25) is 0 Å². The van der Waals surface area contributed by atoms with Gasteiger partial charge in [0.1, 0.15) is 0 Å². The van der Waals surface area contributed by atoms with Gasteiger partial charge in [0.2, 0.25) is 0 Å². The van der Waals surface area contributed by atoms with Crippen LogP contribution in [0.4, 0.5) is 0 Å². The lowest BCUT2D eigenvalue weighted by atomic mass is 9.70. The molecule has 0 spiro atoms. The van der Waals surface area contributed by atoms with E-state index >= 15 is 0 Å². The van der Waals surface area contributed by atoms with Gasteiger partial charge in [-0.1, -0.05) is 69.3 Å². The molecule has 0 radical (unpaired) electrons. The van der Waals surface area contributed by atoms with Crippen LogP contribution in [0.5, 0.6) is 0 Å². The van der Waals surface area contributed by atoms with E-state index in [-0.39, 0.29) is 12.4 Å². The molecular weight excluding hydrogens is 296 g/mol. The Morgan fingerprint density at radius 1 is 1.00 bits per heavy atom. The maximum atomic E-state index is 13.1. The van der Waals surface area contributed by atoms with Crippen molar-refractivity contribution < 1.29 is 9.90 Å². The summed E-state index contributed by atoms with van der Waals surface area (Å²) in [6.07, 6.45) is 1.30. The molecule has 0 aromatic heterocycles. The van der Waals surface area contributed by atoms with Gasteiger partial charge in [-0.15, -0.1) is 0 Å². The molecule has 0 saturated carbocycles. The normalized spacial score (nSPS) is 14.8. The highest BCUT2D eigenvalue weighted by molar-refractivity contribution is 6.31. The first kappa shape index (κ1) is 16.7. The standard InChI is InChI=1S/C22H24O2/c1-4-15-9-5-7-11-17(15)20-19(24)13-16-10-6-8-12-18(16)21(20)22(2,3)14-23/h5-12,23H,4,13-14H2,1-3H3. The molecule has 0 aliphatic heterocycles. The summed E-state index contributed by atoms with van der Waals surface area (Å²) in [5.41, 5.74) is 5.60. The van der Waals surface area contributed by atoms with Crippen molar-refractivity contribution in [1.29, 1.82) is 0 Å². The van der Waals surface area contributed by atoms with Crippen LogP contribution in [0.25, 0.3) is 11.1 Å². The van der Waals surface area contributed by atoms with E-state index < -0.39 is 5.41 Å². The molecule has 0 saturated heterocycles. The molecule has 0 atom stereocenters. The number of aryl methyl sites for hydroxylation is 1. The number of fused-ring (bicyclic) bond motifs is 1. The topological polar surface area (TPSA) is 37.3 Å². The molecule has 2 heteroatoms. The summed E-state index contributed by atoms with van der Waals surface area (Å²) < 4.78 is 0. The van der Waals surface area contributed by atoms with Crippen LogP contribution in [0.1, 0.15) is 43.0 Å². The molecule has 2 nitrogen and oxygen atoms in total. The van der Waals surface area contributed by atoms with E-state index in [1.165, 1.54) is 5.56 Å². The van der Waals surface area contributed by atoms with Crippen LogP contribution in [-0.4, -0.2) is 17.5 Å². The summed E-state index contributed by atoms with van der Waals surface area (Å²) in [6, 6.07) is 16.2. The Morgan fingerprint density at radius 3 is 2.29 bits per heavy atom. The smallest absolute Gasteiger partial charge is 0.168 e. The second kappa shape index (κ2) is 6.37. The van der Waals surface area contributed by atoms with Crippen LogP contribution in [-0.2, 0) is 17.6 Å². The van der Waals surface area contributed by atoms with Crippen LogP contribution in [0.3, 0.4) is 0 Å². The van der Waals surface area contributed by atoms with Gasteiger partial charge in [-0.25, -0.2) is 0 Å². The van der Waals surface area contributed by atoms with Crippen LogP contribution < -0.4 is 0 Å². The minimum Gasteiger partial charge on any atom is -0.395 e. The van der Waals surface area contributed by atoms with Gasteiger partial charge in [-0.05, 0) is 34.2 Å². The van der Waals surface area contributed by atoms with E-state index in [2.05, 4.69) is 19.1 Å². The van der Waals surface area contributed by atoms with E-state index in [0.29, 0.717) is 6.42 Å². The third-order valence-electron chi connectivity index (χ3n) is 4.91. The summed E-state index contributed by atoms with van der Waals surface area (Å²) in [5, 5.41) is 10.0. The van der Waals surface area contributed by atoms with E-state index in [1.807, 2.05) is 50.2 Å². The highest BCUT2D eigenvalue weighted by Gasteiger charge is 2.35. The number of aliphatic hydroxyl groups is 1. The second-order valence-corrected chi connectivity index (χ2v) is 7.06. The Hall–Kier alpha value is -2.19. The van der Waals surface area contributed by atoms with E-state index in [4.69, 9.17) is 0 Å². The van der Waals surface area contributed by atoms with Gasteiger partial charge in [0.25, 0.3) is 0 Å². The molecule has 2 aromatic carbocycles. The van der Waals surface area contributed by atoms with Crippen molar-refractivity contribution >= 4 is 16.9 Å². The first-order valence-corrected chi connectivity index (χ1v) is 8.55. The van der Waals surface area contributed by atoms with Crippen molar-refractivity contribution in [1.82, 2.24) is 0 Å². The van der Waals surface area contributed by atoms with Crippen molar-refractivity contribution in [3.05, 3.63) is 70.8 Å². The molecule has 1 N–H and O–H groups in total. The Kier molecular flexibility index (Phi) is 4.42. The molecule has 0 fully saturated rings. The Labute approximate surface area is 143 Å². The number of carbonyl (C=O) groups is 1. The molecule has 1 aliphatic carbocycles. The lowest BCUT2D eigenvalue weighted by Gasteiger charge is -2.33. The average molecular weight is 320 g/mol. The molecule has 0 heterocycles. The first-order chi connectivity index (χ1) is 11.5. The van der Waals surface area contributed by atoms with Crippen molar-refractivity contribution in [2.45, 2.75) is 33.6 Å². The predicted molar refractivity (Wildman–Crippen MR) is 98.7 cm³/mol. The third-order valence-corrected chi connectivity index (χ3v) is 4.91. The van der Waals surface area contributed by atoms with Gasteiger partial charge in [-0.2, -0.15) is 0 Å². The highest BCUT2D eigenvalue weighted by atomic mass is 16.3. The fourth-order valence-electron chi connectivity index (χ4n) is 3.59. The van der Waals surface area contributed by atoms with Gasteiger partial charge in [-0.3, -0.25) is 4.79 Å². The fourth-order valence-corrected chi connectivity index (χ4v) is 3.59. The van der Waals surface area contributed by atoms with Crippen LogP contribution >= 0.6 is 0 Å². The number of ketones is 1. The van der Waals surface area contributed by atoms with Gasteiger partial charge in [0.15, 0.2) is 5.78 Å². The summed E-state index contributed by atoms with van der Waals surface area (Å²) in [4.78, 5) is 13.1. The Morgan fingerprint density at radius 2 is 1.62 bits per heavy atom. The molecule has 3 rings (SSSR count). The number of allylic oxidation sites excluding steroid dienone is 1. The largest absolute Gasteiger partial charge is 0.395 e. The third kappa shape index (κ3) is 2.71. The fraction of sp³-hybridized carbons (Fsp3) is 0.318. The number of rotatable bonds is 4. The molecule has 0 unspecified atom stereocenters. The predicted octanol–water partition coefficient (Wildman–Crippen LogP) is 4.30. The minimum atomic E-state index is -0.484. The number of benzene rings is 2. The van der Waals surface area contributed by atoms with Crippen molar-refractivity contribution in [3.8, 4) is 0 Å². The maximum Gasteiger partial charge on any atom is 0.168 e. The lowest BCUT2D eigenvalue weighted by Crippen LogP contribution is -2.27. The number of Topliss-reactive ketones (excluding diaryl/α,β-unsaturated/α-hetero) is 1. The van der Waals surface area contributed by atoms with Gasteiger partial charge < -0.3 is 5.11 Å². The zero-order chi connectivity index (χ0) is 17.3. The maximum absolute atomic E-state index is 13.1. The summed E-state index contributed by atoms with van der Waals surface area (Å²) in [5.74, 6) is 0.145. The second-order valence-electron chi connectivity index (χ2n) is 7.06.